The van der Waals surface area contributed by atoms with Gasteiger partial charge in [-0.05, 0) is 19.8 Å². The Balaban J connectivity index is 2.38. The molecule has 0 unspecified atom stereocenters. The Kier molecular flexibility index (Phi) is 3.56. The summed E-state index contributed by atoms with van der Waals surface area (Å²) >= 11 is 0. The van der Waals surface area contributed by atoms with E-state index in [4.69, 9.17) is 5.73 Å². The van der Waals surface area contributed by atoms with Gasteiger partial charge >= 0.3 is 6.18 Å². The molecule has 0 spiro atoms. The SMILES string of the molecule is CCc1nc(N)c(C)c(N(CC(F)(F)F)C2CC2)n1. The van der Waals surface area contributed by atoms with E-state index in [9.17, 15) is 13.2 Å². The van der Waals surface area contributed by atoms with Gasteiger partial charge < -0.3 is 10.6 Å². The molecule has 1 heterocycles. The summed E-state index contributed by atoms with van der Waals surface area (Å²) in [6, 6.07) is -0.0840. The maximum absolute atomic E-state index is 12.7. The van der Waals surface area contributed by atoms with Crippen LogP contribution in [0.25, 0.3) is 0 Å². The molecule has 1 aromatic rings. The van der Waals surface area contributed by atoms with Gasteiger partial charge in [0.2, 0.25) is 0 Å². The topological polar surface area (TPSA) is 55.0 Å². The van der Waals surface area contributed by atoms with Crippen molar-refractivity contribution in [1.29, 1.82) is 0 Å². The van der Waals surface area contributed by atoms with Crippen LogP contribution >= 0.6 is 0 Å². The van der Waals surface area contributed by atoms with Gasteiger partial charge in [0.05, 0.1) is 0 Å². The molecule has 0 aliphatic heterocycles. The van der Waals surface area contributed by atoms with Crippen LogP contribution in [0.15, 0.2) is 0 Å². The average molecular weight is 274 g/mol. The quantitative estimate of drug-likeness (QED) is 0.916. The third kappa shape index (κ3) is 3.27. The fourth-order valence-corrected chi connectivity index (χ4v) is 1.96. The van der Waals surface area contributed by atoms with Crippen molar-refractivity contribution in [3.63, 3.8) is 0 Å². The van der Waals surface area contributed by atoms with E-state index < -0.39 is 12.7 Å². The second kappa shape index (κ2) is 4.86. The molecule has 0 saturated heterocycles. The van der Waals surface area contributed by atoms with Crippen molar-refractivity contribution in [1.82, 2.24) is 9.97 Å². The number of aryl methyl sites for hydroxylation is 1. The molecule has 0 amide bonds. The van der Waals surface area contributed by atoms with E-state index in [0.29, 0.717) is 23.6 Å². The predicted molar refractivity (Wildman–Crippen MR) is 67.0 cm³/mol. The summed E-state index contributed by atoms with van der Waals surface area (Å²) in [6.07, 6.45) is -2.18. The fraction of sp³-hybridized carbons (Fsp3) is 0.667. The summed E-state index contributed by atoms with van der Waals surface area (Å²) < 4.78 is 38.0. The molecule has 0 bridgehead atoms. The van der Waals surface area contributed by atoms with Crippen molar-refractivity contribution in [2.75, 3.05) is 17.2 Å². The minimum atomic E-state index is -4.25. The predicted octanol–water partition coefficient (Wildman–Crippen LogP) is 2.46. The number of hydrogen-bond donors (Lipinski definition) is 1. The number of nitrogens with zero attached hydrogens (tertiary/aromatic N) is 3. The Bertz CT molecular complexity index is 469. The number of anilines is 2. The highest BCUT2D eigenvalue weighted by Gasteiger charge is 2.39. The Morgan fingerprint density at radius 1 is 1.32 bits per heavy atom. The average Bonchev–Trinajstić information content (AvgIpc) is 3.12. The van der Waals surface area contributed by atoms with Gasteiger partial charge in [0, 0.05) is 18.0 Å². The molecule has 0 atom stereocenters. The van der Waals surface area contributed by atoms with Crippen LogP contribution in [0.3, 0.4) is 0 Å². The van der Waals surface area contributed by atoms with Crippen molar-refractivity contribution in [2.45, 2.75) is 45.3 Å². The first kappa shape index (κ1) is 13.9. The molecule has 0 aromatic carbocycles. The second-order valence-corrected chi connectivity index (χ2v) is 4.80. The van der Waals surface area contributed by atoms with Gasteiger partial charge in [-0.25, -0.2) is 9.97 Å². The van der Waals surface area contributed by atoms with Crippen molar-refractivity contribution in [3.8, 4) is 0 Å². The van der Waals surface area contributed by atoms with E-state index in [2.05, 4.69) is 9.97 Å². The summed E-state index contributed by atoms with van der Waals surface area (Å²) in [6.45, 7) is 2.52. The van der Waals surface area contributed by atoms with Crippen molar-refractivity contribution < 1.29 is 13.2 Å². The Labute approximate surface area is 109 Å². The molecular weight excluding hydrogens is 257 g/mol. The number of hydrogen-bond acceptors (Lipinski definition) is 4. The van der Waals surface area contributed by atoms with Crippen molar-refractivity contribution in [2.24, 2.45) is 0 Å². The Hall–Kier alpha value is -1.53. The summed E-state index contributed by atoms with van der Waals surface area (Å²) in [4.78, 5) is 9.61. The van der Waals surface area contributed by atoms with Gasteiger partial charge in [0.15, 0.2) is 0 Å². The minimum Gasteiger partial charge on any atom is -0.383 e. The number of alkyl halides is 3. The number of nitrogen functional groups attached to an aromatic ring is 1. The molecule has 0 radical (unpaired) electrons. The highest BCUT2D eigenvalue weighted by Crippen LogP contribution is 2.35. The monoisotopic (exact) mass is 274 g/mol. The zero-order valence-electron chi connectivity index (χ0n) is 11.0. The first-order valence-corrected chi connectivity index (χ1v) is 6.28. The normalized spacial score (nSPS) is 15.6. The van der Waals surface area contributed by atoms with E-state index >= 15 is 0 Å². The van der Waals surface area contributed by atoms with Crippen LogP contribution in [0.1, 0.15) is 31.2 Å². The van der Waals surface area contributed by atoms with Crippen LogP contribution in [0, 0.1) is 6.92 Å². The molecule has 7 heteroatoms. The van der Waals surface area contributed by atoms with Crippen LogP contribution in [-0.2, 0) is 6.42 Å². The number of halogens is 3. The largest absolute Gasteiger partial charge is 0.405 e. The maximum atomic E-state index is 12.7. The summed E-state index contributed by atoms with van der Waals surface area (Å²) in [5, 5.41) is 0. The van der Waals surface area contributed by atoms with Gasteiger partial charge in [-0.2, -0.15) is 13.2 Å². The van der Waals surface area contributed by atoms with E-state index in [1.807, 2.05) is 6.92 Å². The minimum absolute atomic E-state index is 0.0840. The second-order valence-electron chi connectivity index (χ2n) is 4.80. The summed E-state index contributed by atoms with van der Waals surface area (Å²) in [7, 11) is 0. The molecule has 106 valence electrons. The fourth-order valence-electron chi connectivity index (χ4n) is 1.96. The number of nitrogens with two attached hydrogens (primary N) is 1. The molecule has 1 aliphatic carbocycles. The highest BCUT2D eigenvalue weighted by molar-refractivity contribution is 5.57. The summed E-state index contributed by atoms with van der Waals surface area (Å²) in [5.74, 6) is 1.06. The van der Waals surface area contributed by atoms with Crippen LogP contribution in [0.2, 0.25) is 0 Å². The molecule has 1 aliphatic rings. The van der Waals surface area contributed by atoms with E-state index in [1.54, 1.807) is 6.92 Å². The van der Waals surface area contributed by atoms with Crippen LogP contribution < -0.4 is 10.6 Å². The third-order valence-electron chi connectivity index (χ3n) is 3.13. The molecule has 1 saturated carbocycles. The zero-order valence-corrected chi connectivity index (χ0v) is 11.0. The van der Waals surface area contributed by atoms with E-state index in [1.165, 1.54) is 4.90 Å². The first-order chi connectivity index (χ1) is 8.81. The lowest BCUT2D eigenvalue weighted by Gasteiger charge is -2.26. The Morgan fingerprint density at radius 2 is 1.95 bits per heavy atom. The Morgan fingerprint density at radius 3 is 2.42 bits per heavy atom. The zero-order chi connectivity index (χ0) is 14.2. The van der Waals surface area contributed by atoms with E-state index in [-0.39, 0.29) is 11.9 Å². The first-order valence-electron chi connectivity index (χ1n) is 6.28. The molecule has 2 N–H and O–H groups in total. The van der Waals surface area contributed by atoms with Gasteiger partial charge in [0.25, 0.3) is 0 Å². The van der Waals surface area contributed by atoms with Crippen LogP contribution in [0.5, 0.6) is 0 Å². The molecule has 19 heavy (non-hydrogen) atoms. The molecule has 1 aromatic heterocycles. The standard InChI is InChI=1S/C12H17F3N4/c1-3-9-17-10(16)7(2)11(18-9)19(8-4-5-8)6-12(13,14)15/h8H,3-6H2,1-2H3,(H2,16,17,18). The lowest BCUT2D eigenvalue weighted by molar-refractivity contribution is -0.120. The molecule has 4 nitrogen and oxygen atoms in total. The smallest absolute Gasteiger partial charge is 0.383 e. The van der Waals surface area contributed by atoms with Gasteiger partial charge in [-0.3, -0.25) is 0 Å². The summed E-state index contributed by atoms with van der Waals surface area (Å²) in [5.41, 5.74) is 6.28. The third-order valence-corrected chi connectivity index (χ3v) is 3.13. The molecule has 2 rings (SSSR count). The number of rotatable bonds is 4. The molecule has 1 fully saturated rings. The maximum Gasteiger partial charge on any atom is 0.405 e. The van der Waals surface area contributed by atoms with E-state index in [0.717, 1.165) is 12.8 Å². The lowest BCUT2D eigenvalue weighted by Crippen LogP contribution is -2.37. The van der Waals surface area contributed by atoms with Gasteiger partial charge in [-0.1, -0.05) is 6.92 Å². The lowest BCUT2D eigenvalue weighted by atomic mass is 10.2. The number of aromatic nitrogens is 2. The van der Waals surface area contributed by atoms with Crippen LogP contribution in [-0.4, -0.2) is 28.7 Å². The highest BCUT2D eigenvalue weighted by atomic mass is 19.4. The van der Waals surface area contributed by atoms with Gasteiger partial charge in [0.1, 0.15) is 24.0 Å². The van der Waals surface area contributed by atoms with Crippen molar-refractivity contribution in [3.05, 3.63) is 11.4 Å². The van der Waals surface area contributed by atoms with Crippen molar-refractivity contribution >= 4 is 11.6 Å². The molecular formula is C12H17F3N4. The van der Waals surface area contributed by atoms with Gasteiger partial charge in [-0.15, -0.1) is 0 Å². The van der Waals surface area contributed by atoms with Crippen LogP contribution in [0.4, 0.5) is 24.8 Å².